The van der Waals surface area contributed by atoms with Crippen LogP contribution in [-0.2, 0) is 0 Å². The van der Waals surface area contributed by atoms with Gasteiger partial charge in [0.2, 0.25) is 0 Å². The van der Waals surface area contributed by atoms with Crippen LogP contribution in [-0.4, -0.2) is 5.78 Å². The minimum atomic E-state index is -0.0533. The largest absolute Gasteiger partial charge is 0.293 e. The zero-order valence-corrected chi connectivity index (χ0v) is 11.7. The summed E-state index contributed by atoms with van der Waals surface area (Å²) in [5, 5.41) is 0. The van der Waals surface area contributed by atoms with Gasteiger partial charge >= 0.3 is 0 Å². The lowest BCUT2D eigenvalue weighted by molar-refractivity contribution is 0.0925. The molecule has 19 heavy (non-hydrogen) atoms. The number of halogens is 1. The van der Waals surface area contributed by atoms with Crippen molar-refractivity contribution in [2.75, 3.05) is 0 Å². The Bertz CT molecular complexity index is 719. The molecule has 0 unspecified atom stereocenters. The summed E-state index contributed by atoms with van der Waals surface area (Å²) in [4.78, 5) is 12.6. The Morgan fingerprint density at radius 2 is 1.74 bits per heavy atom. The van der Waals surface area contributed by atoms with Gasteiger partial charge in [-0.05, 0) is 22.8 Å². The first kappa shape index (κ1) is 11.2. The highest BCUT2D eigenvalue weighted by atomic mass is 79.9. The highest BCUT2D eigenvalue weighted by Crippen LogP contribution is 2.49. The van der Waals surface area contributed by atoms with Gasteiger partial charge in [0.1, 0.15) is 0 Å². The van der Waals surface area contributed by atoms with Crippen LogP contribution in [0.4, 0.5) is 0 Å². The fourth-order valence-corrected chi connectivity index (χ4v) is 3.78. The first-order valence-corrected chi connectivity index (χ1v) is 7.16. The number of ketones is 1. The zero-order chi connectivity index (χ0) is 13.0. The maximum atomic E-state index is 12.6. The molecule has 0 fully saturated rings. The molecule has 0 aromatic heterocycles. The van der Waals surface area contributed by atoms with Crippen LogP contribution in [0.25, 0.3) is 5.57 Å². The van der Waals surface area contributed by atoms with Crippen LogP contribution in [0.5, 0.6) is 0 Å². The molecule has 92 valence electrons. The molecular formula is C17H11BrO. The van der Waals surface area contributed by atoms with Crippen LogP contribution in [0.3, 0.4) is 0 Å². The van der Waals surface area contributed by atoms with E-state index in [1.807, 2.05) is 30.4 Å². The Labute approximate surface area is 120 Å². The molecule has 0 bridgehead atoms. The van der Waals surface area contributed by atoms with Crippen molar-refractivity contribution in [3.8, 4) is 0 Å². The number of fused-ring (bicyclic) bond motifs is 2. The highest BCUT2D eigenvalue weighted by molar-refractivity contribution is 9.12. The summed E-state index contributed by atoms with van der Waals surface area (Å²) in [5.41, 5.74) is 4.42. The normalized spacial score (nSPS) is 27.0. The third-order valence-electron chi connectivity index (χ3n) is 4.11. The molecule has 4 rings (SSSR count). The van der Waals surface area contributed by atoms with Crippen LogP contribution in [0.1, 0.15) is 15.9 Å². The summed E-state index contributed by atoms with van der Waals surface area (Å²) in [6, 6.07) is 7.93. The Hall–Kier alpha value is -1.67. The van der Waals surface area contributed by atoms with E-state index in [0.29, 0.717) is 0 Å². The van der Waals surface area contributed by atoms with Gasteiger partial charge in [-0.15, -0.1) is 0 Å². The molecule has 0 amide bonds. The third kappa shape index (κ3) is 1.44. The third-order valence-corrected chi connectivity index (χ3v) is 4.84. The fourth-order valence-electron chi connectivity index (χ4n) is 3.26. The predicted octanol–water partition coefficient (Wildman–Crippen LogP) is 4.29. The summed E-state index contributed by atoms with van der Waals surface area (Å²) in [6.45, 7) is 0. The molecule has 0 aliphatic heterocycles. The number of carbonyl (C=O) groups is 1. The van der Waals surface area contributed by atoms with Gasteiger partial charge in [-0.25, -0.2) is 0 Å². The fraction of sp³-hybridized carbons (Fsp3) is 0.118. The van der Waals surface area contributed by atoms with Gasteiger partial charge in [-0.2, -0.15) is 0 Å². The zero-order valence-electron chi connectivity index (χ0n) is 10.1. The number of Topliss-reactive ketones (excluding diaryl/α,β-unsaturated/α-hetero) is 1. The molecule has 1 aromatic carbocycles. The van der Waals surface area contributed by atoms with E-state index in [1.165, 1.54) is 11.1 Å². The number of carbonyl (C=O) groups excluding carboxylic acids is 1. The summed E-state index contributed by atoms with van der Waals surface area (Å²) >= 11 is 3.60. The maximum Gasteiger partial charge on any atom is 0.171 e. The second kappa shape index (κ2) is 3.91. The van der Waals surface area contributed by atoms with E-state index in [9.17, 15) is 4.79 Å². The van der Waals surface area contributed by atoms with Gasteiger partial charge < -0.3 is 0 Å². The van der Waals surface area contributed by atoms with Gasteiger partial charge in [0, 0.05) is 16.0 Å². The number of allylic oxidation sites excluding steroid dienone is 8. The standard InChI is InChI=1S/C17H11BrO/c18-15-9-8-11-10-4-1-2-5-12(10)17(19)14-7-3-6-13(15)16(11)14/h1-9,14,16H/t14-,16+/m1/s1. The molecule has 2 atom stereocenters. The number of benzene rings is 1. The van der Waals surface area contributed by atoms with Crippen molar-refractivity contribution < 1.29 is 4.79 Å². The quantitative estimate of drug-likeness (QED) is 0.698. The number of hydrogen-bond acceptors (Lipinski definition) is 1. The molecule has 1 aromatic rings. The number of hydrogen-bond donors (Lipinski definition) is 0. The minimum absolute atomic E-state index is 0.0533. The molecule has 0 spiro atoms. The predicted molar refractivity (Wildman–Crippen MR) is 80.0 cm³/mol. The van der Waals surface area contributed by atoms with Crippen molar-refractivity contribution in [2.24, 2.45) is 11.8 Å². The molecule has 0 saturated carbocycles. The molecule has 0 radical (unpaired) electrons. The van der Waals surface area contributed by atoms with E-state index < -0.39 is 0 Å². The van der Waals surface area contributed by atoms with E-state index in [1.54, 1.807) is 0 Å². The van der Waals surface area contributed by atoms with Crippen LogP contribution in [0, 0.1) is 11.8 Å². The molecule has 2 heteroatoms. The van der Waals surface area contributed by atoms with Crippen molar-refractivity contribution in [1.29, 1.82) is 0 Å². The lowest BCUT2D eigenvalue weighted by Crippen LogP contribution is -2.33. The van der Waals surface area contributed by atoms with Gasteiger partial charge in [0.25, 0.3) is 0 Å². The molecular weight excluding hydrogens is 300 g/mol. The molecule has 0 heterocycles. The maximum absolute atomic E-state index is 12.6. The first-order valence-electron chi connectivity index (χ1n) is 6.37. The van der Waals surface area contributed by atoms with Crippen molar-refractivity contribution >= 4 is 27.3 Å². The van der Waals surface area contributed by atoms with Gasteiger partial charge in [0.05, 0.1) is 5.92 Å². The topological polar surface area (TPSA) is 17.1 Å². The molecule has 3 aliphatic carbocycles. The summed E-state index contributed by atoms with van der Waals surface area (Å²) in [6.07, 6.45) is 10.4. The monoisotopic (exact) mass is 310 g/mol. The average molecular weight is 311 g/mol. The van der Waals surface area contributed by atoms with Crippen LogP contribution in [0.15, 0.2) is 64.7 Å². The van der Waals surface area contributed by atoms with E-state index in [4.69, 9.17) is 0 Å². The Balaban J connectivity index is 2.04. The molecule has 3 aliphatic rings. The first-order chi connectivity index (χ1) is 9.27. The summed E-state index contributed by atoms with van der Waals surface area (Å²) in [5.74, 6) is 0.357. The van der Waals surface area contributed by atoms with Crippen LogP contribution >= 0.6 is 15.9 Å². The second-order valence-electron chi connectivity index (χ2n) is 5.06. The second-order valence-corrected chi connectivity index (χ2v) is 5.91. The average Bonchev–Trinajstić information content (AvgIpc) is 2.46. The minimum Gasteiger partial charge on any atom is -0.293 e. The Morgan fingerprint density at radius 3 is 2.58 bits per heavy atom. The van der Waals surface area contributed by atoms with Crippen LogP contribution in [0.2, 0.25) is 0 Å². The lowest BCUT2D eigenvalue weighted by Gasteiger charge is -2.37. The van der Waals surface area contributed by atoms with Gasteiger partial charge in [-0.3, -0.25) is 4.79 Å². The van der Waals surface area contributed by atoms with Crippen molar-refractivity contribution in [3.05, 3.63) is 75.8 Å². The Kier molecular flexibility index (Phi) is 2.30. The molecule has 1 nitrogen and oxygen atoms in total. The van der Waals surface area contributed by atoms with Gasteiger partial charge in [-0.1, -0.05) is 64.5 Å². The summed E-state index contributed by atoms with van der Waals surface area (Å²) < 4.78 is 1.09. The smallest absolute Gasteiger partial charge is 0.171 e. The molecule has 0 N–H and O–H groups in total. The summed E-state index contributed by atoms with van der Waals surface area (Å²) in [7, 11) is 0. The Morgan fingerprint density at radius 1 is 0.947 bits per heavy atom. The van der Waals surface area contributed by atoms with Gasteiger partial charge in [0.15, 0.2) is 5.78 Å². The van der Waals surface area contributed by atoms with Crippen molar-refractivity contribution in [1.82, 2.24) is 0 Å². The van der Waals surface area contributed by atoms with Crippen molar-refractivity contribution in [2.45, 2.75) is 0 Å². The van der Waals surface area contributed by atoms with E-state index in [-0.39, 0.29) is 17.6 Å². The van der Waals surface area contributed by atoms with E-state index >= 15 is 0 Å². The van der Waals surface area contributed by atoms with E-state index in [0.717, 1.165) is 15.6 Å². The van der Waals surface area contributed by atoms with Crippen LogP contribution < -0.4 is 0 Å². The SMILES string of the molecule is O=C1c2ccccc2C2=CC=C(Br)C3=CC=C[C@@H]1[C@H]32. The highest BCUT2D eigenvalue weighted by Gasteiger charge is 2.41. The van der Waals surface area contributed by atoms with E-state index in [2.05, 4.69) is 40.2 Å². The number of rotatable bonds is 0. The molecule has 0 saturated heterocycles. The van der Waals surface area contributed by atoms with Crippen molar-refractivity contribution in [3.63, 3.8) is 0 Å². The lowest BCUT2D eigenvalue weighted by atomic mass is 9.65.